The van der Waals surface area contributed by atoms with Crippen molar-refractivity contribution in [3.8, 4) is 17.5 Å². The molecular formula is C19H21FN4O2. The molecule has 2 aromatic rings. The summed E-state index contributed by atoms with van der Waals surface area (Å²) in [5.41, 5.74) is 1.53. The number of likely N-dealkylation sites (tertiary alicyclic amines) is 1. The van der Waals surface area contributed by atoms with Crippen LogP contribution in [0.25, 0.3) is 11.5 Å². The summed E-state index contributed by atoms with van der Waals surface area (Å²) < 4.78 is 18.7. The Bertz CT molecular complexity index is 810. The molecule has 1 saturated heterocycles. The minimum atomic E-state index is -0.303. The van der Waals surface area contributed by atoms with Crippen LogP contribution in [0, 0.1) is 24.1 Å². The molecule has 1 aliphatic rings. The van der Waals surface area contributed by atoms with Gasteiger partial charge in [0.05, 0.1) is 18.3 Å². The largest absolute Gasteiger partial charge is 0.441 e. The fourth-order valence-corrected chi connectivity index (χ4v) is 3.08. The molecule has 3 rings (SSSR count). The van der Waals surface area contributed by atoms with Gasteiger partial charge in [-0.3, -0.25) is 4.79 Å². The summed E-state index contributed by atoms with van der Waals surface area (Å²) >= 11 is 0. The lowest BCUT2D eigenvalue weighted by Gasteiger charge is -2.19. The molecule has 0 unspecified atom stereocenters. The summed E-state index contributed by atoms with van der Waals surface area (Å²) in [5.74, 6) is 0.824. The van der Waals surface area contributed by atoms with Gasteiger partial charge in [-0.05, 0) is 44.0 Å². The molecular weight excluding hydrogens is 335 g/mol. The lowest BCUT2D eigenvalue weighted by Crippen LogP contribution is -2.41. The third-order valence-electron chi connectivity index (χ3n) is 4.52. The molecule has 1 aromatic heterocycles. The fourth-order valence-electron chi connectivity index (χ4n) is 3.08. The number of hydrogen-bond donors (Lipinski definition) is 1. The minimum absolute atomic E-state index is 0.0436. The summed E-state index contributed by atoms with van der Waals surface area (Å²) in [6.45, 7) is 3.28. The highest BCUT2D eigenvalue weighted by Crippen LogP contribution is 2.22. The molecule has 0 radical (unpaired) electrons. The van der Waals surface area contributed by atoms with Crippen LogP contribution in [0.4, 0.5) is 4.39 Å². The van der Waals surface area contributed by atoms with E-state index >= 15 is 0 Å². The number of amides is 1. The second kappa shape index (κ2) is 8.11. The number of halogens is 1. The zero-order chi connectivity index (χ0) is 18.5. The summed E-state index contributed by atoms with van der Waals surface area (Å²) in [6.07, 6.45) is 2.26. The van der Waals surface area contributed by atoms with Crippen LogP contribution < -0.4 is 5.32 Å². The van der Waals surface area contributed by atoms with E-state index in [1.165, 1.54) is 12.1 Å². The Balaban J connectivity index is 1.50. The Labute approximate surface area is 151 Å². The quantitative estimate of drug-likeness (QED) is 0.804. The number of carbonyl (C=O) groups excluding carboxylic acids is 1. The van der Waals surface area contributed by atoms with Crippen LogP contribution in [0.15, 0.2) is 28.7 Å². The van der Waals surface area contributed by atoms with Crippen LogP contribution in [-0.4, -0.2) is 41.5 Å². The zero-order valence-corrected chi connectivity index (χ0v) is 14.7. The van der Waals surface area contributed by atoms with Crippen molar-refractivity contribution in [1.82, 2.24) is 15.2 Å². The van der Waals surface area contributed by atoms with Crippen molar-refractivity contribution in [3.63, 3.8) is 0 Å². The predicted octanol–water partition coefficient (Wildman–Crippen LogP) is 2.44. The second-order valence-electron chi connectivity index (χ2n) is 6.33. The van der Waals surface area contributed by atoms with Gasteiger partial charge < -0.3 is 14.6 Å². The molecule has 7 heteroatoms. The number of nitrogens with zero attached hydrogens (tertiary/aromatic N) is 3. The predicted molar refractivity (Wildman–Crippen MR) is 93.6 cm³/mol. The number of rotatable bonds is 6. The number of aryl methyl sites for hydroxylation is 1. The van der Waals surface area contributed by atoms with Gasteiger partial charge in [-0.1, -0.05) is 0 Å². The lowest BCUT2D eigenvalue weighted by molar-refractivity contribution is -0.130. The summed E-state index contributed by atoms with van der Waals surface area (Å²) in [6, 6.07) is 7.88. The van der Waals surface area contributed by atoms with Gasteiger partial charge in [0.2, 0.25) is 11.8 Å². The van der Waals surface area contributed by atoms with Gasteiger partial charge in [0.25, 0.3) is 0 Å². The zero-order valence-electron chi connectivity index (χ0n) is 14.7. The van der Waals surface area contributed by atoms with E-state index < -0.39 is 0 Å². The highest BCUT2D eigenvalue weighted by atomic mass is 19.1. The summed E-state index contributed by atoms with van der Waals surface area (Å²) in [7, 11) is 0. The smallest absolute Gasteiger partial charge is 0.237 e. The Morgan fingerprint density at radius 3 is 2.96 bits per heavy atom. The Kier molecular flexibility index (Phi) is 5.64. The van der Waals surface area contributed by atoms with Crippen molar-refractivity contribution >= 4 is 5.91 Å². The highest BCUT2D eigenvalue weighted by Gasteiger charge is 2.27. The molecule has 1 aromatic carbocycles. The molecule has 0 saturated carbocycles. The van der Waals surface area contributed by atoms with Crippen LogP contribution >= 0.6 is 0 Å². The first-order valence-corrected chi connectivity index (χ1v) is 8.70. The maximum absolute atomic E-state index is 13.0. The summed E-state index contributed by atoms with van der Waals surface area (Å²) in [5, 5.41) is 12.2. The Morgan fingerprint density at radius 1 is 1.46 bits per heavy atom. The number of nitriles is 1. The van der Waals surface area contributed by atoms with E-state index in [1.807, 2.05) is 6.92 Å². The Morgan fingerprint density at radius 2 is 2.23 bits per heavy atom. The van der Waals surface area contributed by atoms with E-state index in [1.54, 1.807) is 17.0 Å². The average Bonchev–Trinajstić information content (AvgIpc) is 3.26. The van der Waals surface area contributed by atoms with Crippen molar-refractivity contribution < 1.29 is 13.6 Å². The molecule has 0 aliphatic carbocycles. The van der Waals surface area contributed by atoms with E-state index in [-0.39, 0.29) is 24.3 Å². The number of benzene rings is 1. The molecule has 1 amide bonds. The van der Waals surface area contributed by atoms with Gasteiger partial charge in [-0.25, -0.2) is 9.37 Å². The van der Waals surface area contributed by atoms with Crippen LogP contribution in [0.1, 0.15) is 24.3 Å². The molecule has 136 valence electrons. The molecule has 0 bridgehead atoms. The van der Waals surface area contributed by atoms with E-state index in [9.17, 15) is 9.18 Å². The van der Waals surface area contributed by atoms with Crippen LogP contribution in [0.5, 0.6) is 0 Å². The topological polar surface area (TPSA) is 82.2 Å². The molecule has 2 heterocycles. The first-order valence-electron chi connectivity index (χ1n) is 8.70. The van der Waals surface area contributed by atoms with Gasteiger partial charge in [0.1, 0.15) is 17.6 Å². The van der Waals surface area contributed by atoms with E-state index in [0.29, 0.717) is 31.2 Å². The molecule has 1 atom stereocenters. The molecule has 26 heavy (non-hydrogen) atoms. The number of carbonyl (C=O) groups is 1. The molecule has 6 nitrogen and oxygen atoms in total. The number of nitrogens with one attached hydrogen (secondary N) is 1. The number of oxazole rings is 1. The molecule has 1 fully saturated rings. The number of hydrogen-bond acceptors (Lipinski definition) is 5. The third-order valence-corrected chi connectivity index (χ3v) is 4.52. The first-order chi connectivity index (χ1) is 12.6. The van der Waals surface area contributed by atoms with Crippen molar-refractivity contribution in [2.45, 2.75) is 32.2 Å². The monoisotopic (exact) mass is 356 g/mol. The summed E-state index contributed by atoms with van der Waals surface area (Å²) in [4.78, 5) is 18.3. The molecule has 0 spiro atoms. The van der Waals surface area contributed by atoms with Crippen LogP contribution in [0.3, 0.4) is 0 Å². The minimum Gasteiger partial charge on any atom is -0.441 e. The SMILES string of the molecule is Cc1oc(-c2ccc(F)cc2)nc1CCNCC(=O)N1CCC[C@H]1C#N. The highest BCUT2D eigenvalue weighted by molar-refractivity contribution is 5.79. The fraction of sp³-hybridized carbons (Fsp3) is 0.421. The lowest BCUT2D eigenvalue weighted by atomic mass is 10.2. The van der Waals surface area contributed by atoms with E-state index in [4.69, 9.17) is 9.68 Å². The standard InChI is InChI=1S/C19H21FN4O2/c1-13-17(23-19(26-13)14-4-6-15(20)7-5-14)8-9-22-12-18(25)24-10-2-3-16(24)11-21/h4-7,16,22H,2-3,8-10,12H2,1H3/t16-/m0/s1. The van der Waals surface area contributed by atoms with Crippen molar-refractivity contribution in [3.05, 3.63) is 41.5 Å². The number of aromatic nitrogens is 1. The van der Waals surface area contributed by atoms with Crippen molar-refractivity contribution in [1.29, 1.82) is 5.26 Å². The van der Waals surface area contributed by atoms with Crippen molar-refractivity contribution in [2.24, 2.45) is 0 Å². The van der Waals surface area contributed by atoms with Gasteiger partial charge in [0.15, 0.2) is 0 Å². The maximum atomic E-state index is 13.0. The van der Waals surface area contributed by atoms with Gasteiger partial charge in [0, 0.05) is 25.1 Å². The van der Waals surface area contributed by atoms with Gasteiger partial charge in [-0.15, -0.1) is 0 Å². The van der Waals surface area contributed by atoms with Gasteiger partial charge in [-0.2, -0.15) is 5.26 Å². The molecule has 1 aliphatic heterocycles. The van der Waals surface area contributed by atoms with Crippen LogP contribution in [-0.2, 0) is 11.2 Å². The van der Waals surface area contributed by atoms with Gasteiger partial charge >= 0.3 is 0 Å². The second-order valence-corrected chi connectivity index (χ2v) is 6.33. The maximum Gasteiger partial charge on any atom is 0.237 e. The van der Waals surface area contributed by atoms with E-state index in [0.717, 1.165) is 24.1 Å². The Hall–Kier alpha value is -2.72. The van der Waals surface area contributed by atoms with E-state index in [2.05, 4.69) is 16.4 Å². The van der Waals surface area contributed by atoms with Crippen LogP contribution in [0.2, 0.25) is 0 Å². The normalized spacial score (nSPS) is 16.7. The van der Waals surface area contributed by atoms with Crippen molar-refractivity contribution in [2.75, 3.05) is 19.6 Å². The average molecular weight is 356 g/mol. The molecule has 1 N–H and O–H groups in total. The first kappa shape index (κ1) is 18.1. The third kappa shape index (κ3) is 4.09.